The SMILES string of the molecule is CC1c2c(Nc3cccnc3OCC3(CC#N)CC3)ncnc2SC1C(=O)NCCCN(C)C. The first kappa shape index (κ1) is 24.2. The number of thioether (sulfide) groups is 1. The molecule has 0 radical (unpaired) electrons. The van der Waals surface area contributed by atoms with Crippen LogP contribution < -0.4 is 15.4 Å². The Balaban J connectivity index is 1.44. The number of nitrogens with one attached hydrogen (secondary N) is 2. The highest BCUT2D eigenvalue weighted by molar-refractivity contribution is 8.01. The van der Waals surface area contributed by atoms with Crippen LogP contribution in [-0.4, -0.2) is 64.8 Å². The fourth-order valence-corrected chi connectivity index (χ4v) is 5.30. The Hall–Kier alpha value is -2.90. The van der Waals surface area contributed by atoms with Gasteiger partial charge in [-0.25, -0.2) is 15.0 Å². The zero-order chi connectivity index (χ0) is 24.1. The highest BCUT2D eigenvalue weighted by atomic mass is 32.2. The highest BCUT2D eigenvalue weighted by Crippen LogP contribution is 2.49. The quantitative estimate of drug-likeness (QED) is 0.368. The van der Waals surface area contributed by atoms with Gasteiger partial charge in [0.1, 0.15) is 22.9 Å². The van der Waals surface area contributed by atoms with E-state index >= 15 is 0 Å². The number of amides is 1. The topological polar surface area (TPSA) is 116 Å². The van der Waals surface area contributed by atoms with Crippen molar-refractivity contribution in [3.05, 3.63) is 30.2 Å². The van der Waals surface area contributed by atoms with Crippen LogP contribution in [0.25, 0.3) is 0 Å². The number of fused-ring (bicyclic) bond motifs is 1. The third kappa shape index (κ3) is 5.59. The van der Waals surface area contributed by atoms with Gasteiger partial charge in [-0.05, 0) is 52.0 Å². The number of rotatable bonds is 11. The molecule has 1 fully saturated rings. The molecule has 1 saturated carbocycles. The van der Waals surface area contributed by atoms with Crippen molar-refractivity contribution in [2.24, 2.45) is 5.41 Å². The molecule has 2 aliphatic rings. The van der Waals surface area contributed by atoms with Crippen LogP contribution in [0.2, 0.25) is 0 Å². The summed E-state index contributed by atoms with van der Waals surface area (Å²) in [6.45, 7) is 4.09. The Bertz CT molecular complexity index is 1070. The van der Waals surface area contributed by atoms with Crippen molar-refractivity contribution in [1.29, 1.82) is 5.26 Å². The Kier molecular flexibility index (Phi) is 7.54. The van der Waals surface area contributed by atoms with Gasteiger partial charge in [0.05, 0.1) is 17.9 Å². The molecule has 3 heterocycles. The average molecular weight is 482 g/mol. The normalized spacial score (nSPS) is 19.9. The lowest BCUT2D eigenvalue weighted by atomic mass is 9.99. The standard InChI is InChI=1S/C24H31N7O2S/c1-16-18-20(28-15-29-23(18)34-19(16)21(32)26-12-5-13-31(2)3)30-17-6-4-11-27-22(17)33-14-24(7-8-24)9-10-25/h4,6,11,15-16,19H,5,7-9,12-14H2,1-3H3,(H,26,32)(H,28,29,30). The maximum Gasteiger partial charge on any atom is 0.237 e. The number of nitriles is 1. The Morgan fingerprint density at radius 3 is 2.91 bits per heavy atom. The van der Waals surface area contributed by atoms with E-state index in [0.29, 0.717) is 37.0 Å². The number of hydrogen-bond donors (Lipinski definition) is 2. The third-order valence-electron chi connectivity index (χ3n) is 6.29. The Labute approximate surface area is 204 Å². The molecule has 9 nitrogen and oxygen atoms in total. The number of carbonyl (C=O) groups excluding carboxylic acids is 1. The first-order valence-electron chi connectivity index (χ1n) is 11.6. The second kappa shape index (κ2) is 10.6. The number of hydrogen-bond acceptors (Lipinski definition) is 9. The van der Waals surface area contributed by atoms with Gasteiger partial charge in [0.25, 0.3) is 0 Å². The van der Waals surface area contributed by atoms with Gasteiger partial charge in [-0.3, -0.25) is 4.79 Å². The van der Waals surface area contributed by atoms with Crippen molar-refractivity contribution in [1.82, 2.24) is 25.2 Å². The van der Waals surface area contributed by atoms with Crippen molar-refractivity contribution in [2.75, 3.05) is 39.1 Å². The zero-order valence-corrected chi connectivity index (χ0v) is 20.7. The van der Waals surface area contributed by atoms with Crippen molar-refractivity contribution < 1.29 is 9.53 Å². The van der Waals surface area contributed by atoms with Gasteiger partial charge < -0.3 is 20.3 Å². The summed E-state index contributed by atoms with van der Waals surface area (Å²) in [5.74, 6) is 1.11. The minimum Gasteiger partial charge on any atom is -0.476 e. The molecular weight excluding hydrogens is 450 g/mol. The summed E-state index contributed by atoms with van der Waals surface area (Å²) >= 11 is 1.48. The molecule has 2 N–H and O–H groups in total. The number of nitrogens with zero attached hydrogens (tertiary/aromatic N) is 5. The molecule has 0 bridgehead atoms. The van der Waals surface area contributed by atoms with Gasteiger partial charge in [0, 0.05) is 36.1 Å². The van der Waals surface area contributed by atoms with Crippen LogP contribution in [-0.2, 0) is 4.79 Å². The smallest absolute Gasteiger partial charge is 0.237 e. The molecule has 10 heteroatoms. The van der Waals surface area contributed by atoms with Crippen molar-refractivity contribution >= 4 is 29.2 Å². The third-order valence-corrected chi connectivity index (χ3v) is 7.71. The lowest BCUT2D eigenvalue weighted by molar-refractivity contribution is -0.120. The number of aromatic nitrogens is 3. The molecule has 1 aliphatic heterocycles. The second-order valence-corrected chi connectivity index (χ2v) is 10.5. The number of pyridine rings is 1. The minimum atomic E-state index is -0.253. The van der Waals surface area contributed by atoms with E-state index in [1.807, 2.05) is 33.2 Å². The zero-order valence-electron chi connectivity index (χ0n) is 19.9. The van der Waals surface area contributed by atoms with Crippen LogP contribution >= 0.6 is 11.8 Å². The first-order chi connectivity index (χ1) is 16.4. The van der Waals surface area contributed by atoms with Gasteiger partial charge >= 0.3 is 0 Å². The molecule has 2 unspecified atom stereocenters. The largest absolute Gasteiger partial charge is 0.476 e. The van der Waals surface area contributed by atoms with Gasteiger partial charge in [-0.1, -0.05) is 18.7 Å². The Morgan fingerprint density at radius 2 is 2.18 bits per heavy atom. The second-order valence-electron chi connectivity index (χ2n) is 9.32. The van der Waals surface area contributed by atoms with Gasteiger partial charge in [0.2, 0.25) is 11.8 Å². The highest BCUT2D eigenvalue weighted by Gasteiger charge is 2.43. The Morgan fingerprint density at radius 1 is 1.35 bits per heavy atom. The molecule has 0 saturated heterocycles. The maximum atomic E-state index is 12.9. The summed E-state index contributed by atoms with van der Waals surface area (Å²) in [6, 6.07) is 5.98. The van der Waals surface area contributed by atoms with Crippen LogP contribution in [0.4, 0.5) is 11.5 Å². The van der Waals surface area contributed by atoms with Crippen LogP contribution in [0.5, 0.6) is 5.88 Å². The molecule has 2 aromatic heterocycles. The van der Waals surface area contributed by atoms with E-state index in [2.05, 4.69) is 36.6 Å². The number of anilines is 2. The molecular formula is C24H31N7O2S. The van der Waals surface area contributed by atoms with Crippen LogP contribution in [0, 0.1) is 16.7 Å². The summed E-state index contributed by atoms with van der Waals surface area (Å²) in [6.07, 6.45) is 6.61. The summed E-state index contributed by atoms with van der Waals surface area (Å²) in [4.78, 5) is 28.3. The number of carbonyl (C=O) groups is 1. The molecule has 0 aromatic carbocycles. The van der Waals surface area contributed by atoms with E-state index in [-0.39, 0.29) is 22.5 Å². The monoisotopic (exact) mass is 481 g/mol. The van der Waals surface area contributed by atoms with E-state index in [9.17, 15) is 4.79 Å². The lowest BCUT2D eigenvalue weighted by Gasteiger charge is -2.18. The molecule has 4 rings (SSSR count). The molecule has 180 valence electrons. The molecule has 0 spiro atoms. The fourth-order valence-electron chi connectivity index (χ4n) is 4.01. The van der Waals surface area contributed by atoms with Crippen molar-refractivity contribution in [3.8, 4) is 11.9 Å². The lowest BCUT2D eigenvalue weighted by Crippen LogP contribution is -2.35. The molecule has 2 atom stereocenters. The number of ether oxygens (including phenoxy) is 1. The van der Waals surface area contributed by atoms with Crippen molar-refractivity contribution in [3.63, 3.8) is 0 Å². The van der Waals surface area contributed by atoms with E-state index in [1.54, 1.807) is 6.20 Å². The van der Waals surface area contributed by atoms with Crippen LogP contribution in [0.15, 0.2) is 29.7 Å². The van der Waals surface area contributed by atoms with Gasteiger partial charge in [-0.2, -0.15) is 5.26 Å². The predicted molar refractivity (Wildman–Crippen MR) is 131 cm³/mol. The van der Waals surface area contributed by atoms with Crippen LogP contribution in [0.3, 0.4) is 0 Å². The average Bonchev–Trinajstić information content (AvgIpc) is 3.50. The van der Waals surface area contributed by atoms with Crippen molar-refractivity contribution in [2.45, 2.75) is 48.8 Å². The fraction of sp³-hybridized carbons (Fsp3) is 0.542. The van der Waals surface area contributed by atoms with E-state index in [4.69, 9.17) is 10.00 Å². The first-order valence-corrected chi connectivity index (χ1v) is 12.5. The van der Waals surface area contributed by atoms with E-state index in [1.165, 1.54) is 18.1 Å². The molecule has 1 amide bonds. The molecule has 2 aromatic rings. The molecule has 1 aliphatic carbocycles. The van der Waals surface area contributed by atoms with E-state index < -0.39 is 0 Å². The molecule has 34 heavy (non-hydrogen) atoms. The summed E-state index contributed by atoms with van der Waals surface area (Å²) in [5.41, 5.74) is 1.58. The minimum absolute atomic E-state index is 0.0258. The maximum absolute atomic E-state index is 12.9. The predicted octanol–water partition coefficient (Wildman–Crippen LogP) is 3.33. The van der Waals surface area contributed by atoms with Crippen LogP contribution in [0.1, 0.15) is 44.1 Å². The van der Waals surface area contributed by atoms with Gasteiger partial charge in [-0.15, -0.1) is 0 Å². The summed E-state index contributed by atoms with van der Waals surface area (Å²) < 4.78 is 6.03. The van der Waals surface area contributed by atoms with Gasteiger partial charge in [0.15, 0.2) is 0 Å². The summed E-state index contributed by atoms with van der Waals surface area (Å²) in [5, 5.41) is 16.1. The summed E-state index contributed by atoms with van der Waals surface area (Å²) in [7, 11) is 4.05. The van der Waals surface area contributed by atoms with E-state index in [0.717, 1.165) is 36.4 Å².